The molecule has 19 heteroatoms. The highest BCUT2D eigenvalue weighted by molar-refractivity contribution is 7.47. The fraction of sp³-hybridized carbons (Fsp3) is 0.901. The van der Waals surface area contributed by atoms with Gasteiger partial charge in [-0.2, -0.15) is 0 Å². The lowest BCUT2D eigenvalue weighted by molar-refractivity contribution is -0.161. The quantitative estimate of drug-likeness (QED) is 0.0169. The highest BCUT2D eigenvalue weighted by atomic mass is 31.2. The van der Waals surface area contributed by atoms with Crippen LogP contribution >= 0.6 is 15.6 Å². The lowest BCUT2D eigenvalue weighted by Crippen LogP contribution is -2.30. The predicted octanol–water partition coefficient (Wildman–Crippen LogP) is 23.7. The van der Waals surface area contributed by atoms with Crippen molar-refractivity contribution in [2.45, 2.75) is 414 Å². The molecule has 0 amide bonds. The molecule has 0 aromatic rings. The molecule has 0 saturated heterocycles. The second-order valence-corrected chi connectivity index (χ2v) is 32.6. The summed E-state index contributed by atoms with van der Waals surface area (Å²) in [5.41, 5.74) is 0. The minimum Gasteiger partial charge on any atom is -0.462 e. The smallest absolute Gasteiger partial charge is 0.462 e. The van der Waals surface area contributed by atoms with Gasteiger partial charge in [0, 0.05) is 25.7 Å². The van der Waals surface area contributed by atoms with E-state index in [0.29, 0.717) is 31.6 Å². The Morgan fingerprint density at radius 3 is 0.890 bits per heavy atom. The molecule has 0 aromatic carbocycles. The number of carbonyl (C=O) groups excluding carboxylic acids is 4. The van der Waals surface area contributed by atoms with Crippen LogP contribution in [-0.2, 0) is 65.4 Å². The first-order chi connectivity index (χ1) is 48.3. The van der Waals surface area contributed by atoms with Crippen LogP contribution in [-0.4, -0.2) is 96.7 Å². The average Bonchev–Trinajstić information content (AvgIpc) is 0.932. The van der Waals surface area contributed by atoms with Gasteiger partial charge in [0.05, 0.1) is 26.4 Å². The number of hydrogen-bond donors (Lipinski definition) is 3. The van der Waals surface area contributed by atoms with Crippen LogP contribution in [0.25, 0.3) is 0 Å². The van der Waals surface area contributed by atoms with E-state index in [9.17, 15) is 43.2 Å². The largest absolute Gasteiger partial charge is 0.472 e. The first-order valence-corrected chi connectivity index (χ1v) is 44.2. The first-order valence-electron chi connectivity index (χ1n) is 41.2. The molecule has 0 aliphatic carbocycles. The van der Waals surface area contributed by atoms with E-state index in [1.165, 1.54) is 186 Å². The number of carbonyl (C=O) groups is 4. The van der Waals surface area contributed by atoms with Crippen molar-refractivity contribution >= 4 is 39.5 Å². The molecule has 100 heavy (non-hydrogen) atoms. The third-order valence-corrected chi connectivity index (χ3v) is 20.5. The number of phosphoric acid groups is 2. The number of aliphatic hydroxyl groups excluding tert-OH is 1. The highest BCUT2D eigenvalue weighted by Gasteiger charge is 2.30. The van der Waals surface area contributed by atoms with Crippen LogP contribution in [0.4, 0.5) is 0 Å². The number of rotatable bonds is 77. The minimum atomic E-state index is -4.97. The van der Waals surface area contributed by atoms with Gasteiger partial charge in [0.15, 0.2) is 12.2 Å². The highest BCUT2D eigenvalue weighted by Crippen LogP contribution is 2.45. The summed E-state index contributed by atoms with van der Waals surface area (Å²) in [5, 5.41) is 10.6. The van der Waals surface area contributed by atoms with Crippen molar-refractivity contribution in [2.75, 3.05) is 39.6 Å². The molecule has 590 valence electrons. The third kappa shape index (κ3) is 72.5. The molecule has 0 fully saturated rings. The molecule has 17 nitrogen and oxygen atoms in total. The summed E-state index contributed by atoms with van der Waals surface area (Å²) in [6.45, 7) is 11.9. The fourth-order valence-electron chi connectivity index (χ4n) is 11.9. The van der Waals surface area contributed by atoms with E-state index in [1.807, 2.05) is 0 Å². The first kappa shape index (κ1) is 97.5. The summed E-state index contributed by atoms with van der Waals surface area (Å²) in [5.74, 6) is 0.182. The fourth-order valence-corrected chi connectivity index (χ4v) is 13.5. The van der Waals surface area contributed by atoms with Crippen molar-refractivity contribution in [3.05, 3.63) is 24.3 Å². The summed E-state index contributed by atoms with van der Waals surface area (Å²) in [6.07, 6.45) is 62.0. The number of esters is 4. The Bertz CT molecular complexity index is 2040. The van der Waals surface area contributed by atoms with Crippen molar-refractivity contribution in [2.24, 2.45) is 17.8 Å². The number of ether oxygens (including phenoxy) is 4. The van der Waals surface area contributed by atoms with E-state index in [2.05, 4.69) is 72.8 Å². The van der Waals surface area contributed by atoms with Crippen molar-refractivity contribution < 1.29 is 80.2 Å². The topological polar surface area (TPSA) is 237 Å². The maximum absolute atomic E-state index is 13.1. The van der Waals surface area contributed by atoms with E-state index in [4.69, 9.17) is 37.0 Å². The van der Waals surface area contributed by atoms with Gasteiger partial charge in [0.1, 0.15) is 19.3 Å². The van der Waals surface area contributed by atoms with Crippen LogP contribution in [0.3, 0.4) is 0 Å². The standard InChI is InChI=1S/C81H154O17P2/c1-8-10-11-12-13-14-15-16-21-26-29-35-42-50-57-64-80(85)97-76(68-91-78(83)62-55-48-41-34-28-25-23-20-18-17-19-22-24-27-33-40-47-54-61-74(7)9-2)70-95-99(87,88)93-66-75(82)67-94-100(89,90)96-71-77(69-92-79(84)63-56-49-44-37-39-46-53-60-73(5)6)98-81(86)65-58-51-43-36-31-30-32-38-45-52-59-72(3)4/h14-16,21,72-77,82H,8-13,17-20,22-71H2,1-7H3,(H,87,88)(H,89,90)/b15-14-,21-16-/t74?,75?,76-,77-/m1/s1. The summed E-state index contributed by atoms with van der Waals surface area (Å²) < 4.78 is 68.6. The Balaban J connectivity index is 5.23. The monoisotopic (exact) mass is 1460 g/mol. The molecular formula is C81H154O17P2. The Hall–Kier alpha value is -2.46. The van der Waals surface area contributed by atoms with Gasteiger partial charge in [0.2, 0.25) is 0 Å². The molecule has 6 atom stereocenters. The molecule has 0 rings (SSSR count). The van der Waals surface area contributed by atoms with Crippen LogP contribution < -0.4 is 0 Å². The van der Waals surface area contributed by atoms with Gasteiger partial charge in [-0.25, -0.2) is 9.13 Å². The summed E-state index contributed by atoms with van der Waals surface area (Å²) in [7, 11) is -9.93. The van der Waals surface area contributed by atoms with Gasteiger partial charge in [0.25, 0.3) is 0 Å². The molecule has 0 spiro atoms. The normalized spacial score (nSPS) is 14.4. The number of unbranched alkanes of at least 4 members (excludes halogenated alkanes) is 41. The second-order valence-electron chi connectivity index (χ2n) is 29.7. The molecule has 0 aliphatic heterocycles. The van der Waals surface area contributed by atoms with Crippen molar-refractivity contribution in [1.82, 2.24) is 0 Å². The molecule has 4 unspecified atom stereocenters. The molecule has 3 N–H and O–H groups in total. The number of phosphoric ester groups is 2. The third-order valence-electron chi connectivity index (χ3n) is 18.6. The number of hydrogen-bond acceptors (Lipinski definition) is 15. The van der Waals surface area contributed by atoms with Crippen molar-refractivity contribution in [3.8, 4) is 0 Å². The molecule has 0 aliphatic rings. The zero-order valence-electron chi connectivity index (χ0n) is 65.2. The molecule has 0 bridgehead atoms. The zero-order valence-corrected chi connectivity index (χ0v) is 66.9. The maximum atomic E-state index is 13.1. The van der Waals surface area contributed by atoms with Gasteiger partial charge in [-0.15, -0.1) is 0 Å². The lowest BCUT2D eigenvalue weighted by Gasteiger charge is -2.21. The van der Waals surface area contributed by atoms with Crippen LogP contribution in [0, 0.1) is 17.8 Å². The molecule has 0 saturated carbocycles. The number of allylic oxidation sites excluding steroid dienone is 4. The predicted molar refractivity (Wildman–Crippen MR) is 409 cm³/mol. The SMILES string of the molecule is CCCCCC/C=C\C=C/CCCCCCCC(=O)O[C@H](COC(=O)CCCCCCCCCCCCCCCCCCCCC(C)CC)COP(=O)(O)OCC(O)COP(=O)(O)OC[C@@H](COC(=O)CCCCCCCCCC(C)C)OC(=O)CCCCCCCCCCCCC(C)C. The van der Waals surface area contributed by atoms with E-state index in [-0.39, 0.29) is 25.7 Å². The van der Waals surface area contributed by atoms with Gasteiger partial charge < -0.3 is 33.8 Å². The summed E-state index contributed by atoms with van der Waals surface area (Å²) in [4.78, 5) is 72.9. The van der Waals surface area contributed by atoms with Crippen LogP contribution in [0.15, 0.2) is 24.3 Å². The van der Waals surface area contributed by atoms with E-state index < -0.39 is 97.5 Å². The van der Waals surface area contributed by atoms with E-state index >= 15 is 0 Å². The van der Waals surface area contributed by atoms with Gasteiger partial charge in [-0.3, -0.25) is 37.3 Å². The Kier molecular flexibility index (Phi) is 69.1. The van der Waals surface area contributed by atoms with E-state index in [1.54, 1.807) is 0 Å². The van der Waals surface area contributed by atoms with Gasteiger partial charge >= 0.3 is 39.5 Å². The van der Waals surface area contributed by atoms with Crippen LogP contribution in [0.5, 0.6) is 0 Å². The van der Waals surface area contributed by atoms with Crippen LogP contribution in [0.2, 0.25) is 0 Å². The molecule has 0 radical (unpaired) electrons. The Morgan fingerprint density at radius 2 is 0.590 bits per heavy atom. The average molecular weight is 1460 g/mol. The molecule has 0 heterocycles. The molecular weight excluding hydrogens is 1310 g/mol. The minimum absolute atomic E-state index is 0.0852. The maximum Gasteiger partial charge on any atom is 0.472 e. The van der Waals surface area contributed by atoms with E-state index in [0.717, 1.165) is 121 Å². The summed E-state index contributed by atoms with van der Waals surface area (Å²) in [6, 6.07) is 0. The lowest BCUT2D eigenvalue weighted by atomic mass is 9.99. The van der Waals surface area contributed by atoms with Crippen molar-refractivity contribution in [3.63, 3.8) is 0 Å². The van der Waals surface area contributed by atoms with Gasteiger partial charge in [-0.1, -0.05) is 342 Å². The van der Waals surface area contributed by atoms with Crippen LogP contribution in [0.1, 0.15) is 395 Å². The number of aliphatic hydroxyl groups is 1. The van der Waals surface area contributed by atoms with Crippen molar-refractivity contribution in [1.29, 1.82) is 0 Å². The Morgan fingerprint density at radius 1 is 0.330 bits per heavy atom. The zero-order chi connectivity index (χ0) is 73.7. The van der Waals surface area contributed by atoms with Gasteiger partial charge in [-0.05, 0) is 69.1 Å². The Labute approximate surface area is 612 Å². The second kappa shape index (κ2) is 70.8. The molecule has 0 aromatic heterocycles. The summed E-state index contributed by atoms with van der Waals surface area (Å²) >= 11 is 0.